The van der Waals surface area contributed by atoms with Crippen LogP contribution >= 0.6 is 0 Å². The number of rotatable bonds is 39. The van der Waals surface area contributed by atoms with Crippen LogP contribution in [0.3, 0.4) is 0 Å². The van der Waals surface area contributed by atoms with E-state index < -0.39 is 12.0 Å². The SMILES string of the molecule is CCCCCCCCC/C=C\C(CCCCCCCCC(=O)NC(CCCN)C(=O)O)OC(=O)CCCCCCCCCCCCCCCC. The van der Waals surface area contributed by atoms with Gasteiger partial charge >= 0.3 is 11.9 Å². The Morgan fingerprint density at radius 1 is 0.580 bits per heavy atom. The fourth-order valence-electron chi connectivity index (χ4n) is 6.54. The van der Waals surface area contributed by atoms with E-state index >= 15 is 0 Å². The van der Waals surface area contributed by atoms with Crippen LogP contribution < -0.4 is 11.1 Å². The Balaban J connectivity index is 4.25. The number of esters is 1. The molecule has 0 aliphatic heterocycles. The van der Waals surface area contributed by atoms with Gasteiger partial charge in [-0.25, -0.2) is 4.79 Å². The molecule has 2 atom stereocenters. The maximum atomic E-state index is 12.7. The van der Waals surface area contributed by atoms with Gasteiger partial charge in [0.2, 0.25) is 5.91 Å². The fraction of sp³-hybridized carbons (Fsp3) is 0.884. The zero-order chi connectivity index (χ0) is 36.8. The van der Waals surface area contributed by atoms with Gasteiger partial charge in [-0.1, -0.05) is 168 Å². The number of unbranched alkanes of at least 4 members (excludes halogenated alkanes) is 25. The van der Waals surface area contributed by atoms with Crippen molar-refractivity contribution in [3.05, 3.63) is 12.2 Å². The van der Waals surface area contributed by atoms with E-state index in [2.05, 4.69) is 31.3 Å². The molecule has 0 aromatic rings. The first-order valence-corrected chi connectivity index (χ1v) is 21.5. The highest BCUT2D eigenvalue weighted by Crippen LogP contribution is 2.17. The zero-order valence-electron chi connectivity index (χ0n) is 33.0. The maximum Gasteiger partial charge on any atom is 0.326 e. The summed E-state index contributed by atoms with van der Waals surface area (Å²) in [5, 5.41) is 11.9. The smallest absolute Gasteiger partial charge is 0.326 e. The van der Waals surface area contributed by atoms with Crippen molar-refractivity contribution in [2.24, 2.45) is 5.73 Å². The van der Waals surface area contributed by atoms with Crippen molar-refractivity contribution < 1.29 is 24.2 Å². The summed E-state index contributed by atoms with van der Waals surface area (Å²) in [4.78, 5) is 36.2. The number of allylic oxidation sites excluding steroid dienone is 1. The molecule has 0 saturated carbocycles. The van der Waals surface area contributed by atoms with Gasteiger partial charge in [-0.05, 0) is 64.0 Å². The molecule has 0 aliphatic carbocycles. The molecule has 0 aromatic carbocycles. The molecule has 0 spiro atoms. The Labute approximate surface area is 309 Å². The minimum atomic E-state index is -1.00. The third-order valence-corrected chi connectivity index (χ3v) is 9.82. The maximum absolute atomic E-state index is 12.7. The third-order valence-electron chi connectivity index (χ3n) is 9.82. The topological polar surface area (TPSA) is 119 Å². The van der Waals surface area contributed by atoms with Crippen molar-refractivity contribution in [1.29, 1.82) is 0 Å². The summed E-state index contributed by atoms with van der Waals surface area (Å²) < 4.78 is 5.96. The minimum Gasteiger partial charge on any atom is -0.480 e. The van der Waals surface area contributed by atoms with Crippen molar-refractivity contribution in [1.82, 2.24) is 5.32 Å². The summed E-state index contributed by atoms with van der Waals surface area (Å²) in [7, 11) is 0. The Bertz CT molecular complexity index is 802. The molecule has 0 heterocycles. The van der Waals surface area contributed by atoms with Crippen LogP contribution in [0.4, 0.5) is 0 Å². The highest BCUT2D eigenvalue weighted by atomic mass is 16.5. The molecule has 0 aliphatic rings. The predicted molar refractivity (Wildman–Crippen MR) is 211 cm³/mol. The fourth-order valence-corrected chi connectivity index (χ4v) is 6.54. The second-order valence-corrected chi connectivity index (χ2v) is 14.8. The van der Waals surface area contributed by atoms with Gasteiger partial charge in [0.05, 0.1) is 0 Å². The van der Waals surface area contributed by atoms with Crippen molar-refractivity contribution in [3.63, 3.8) is 0 Å². The quantitative estimate of drug-likeness (QED) is 0.0332. The average molecular weight is 707 g/mol. The third kappa shape index (κ3) is 34.6. The van der Waals surface area contributed by atoms with Crippen molar-refractivity contribution in [2.75, 3.05) is 6.54 Å². The molecular formula is C43H82N2O5. The van der Waals surface area contributed by atoms with Crippen LogP contribution in [-0.2, 0) is 19.1 Å². The predicted octanol–water partition coefficient (Wildman–Crippen LogP) is 11.9. The van der Waals surface area contributed by atoms with Gasteiger partial charge in [-0.2, -0.15) is 0 Å². The number of carboxylic acid groups (broad SMARTS) is 1. The number of aliphatic carboxylic acids is 1. The van der Waals surface area contributed by atoms with E-state index in [0.717, 1.165) is 64.2 Å². The van der Waals surface area contributed by atoms with Crippen LogP contribution in [0.15, 0.2) is 12.2 Å². The highest BCUT2D eigenvalue weighted by Gasteiger charge is 2.18. The van der Waals surface area contributed by atoms with Gasteiger partial charge in [0.25, 0.3) is 0 Å². The number of carbonyl (C=O) groups excluding carboxylic acids is 2. The normalized spacial score (nSPS) is 12.7. The molecule has 0 saturated heterocycles. The van der Waals surface area contributed by atoms with Crippen LogP contribution in [0.5, 0.6) is 0 Å². The van der Waals surface area contributed by atoms with Gasteiger partial charge in [0.15, 0.2) is 0 Å². The van der Waals surface area contributed by atoms with E-state index in [0.29, 0.717) is 32.2 Å². The molecule has 0 aromatic heterocycles. The van der Waals surface area contributed by atoms with Crippen LogP contribution in [0, 0.1) is 0 Å². The molecule has 1 amide bonds. The monoisotopic (exact) mass is 707 g/mol. The van der Waals surface area contributed by atoms with Crippen molar-refractivity contribution in [3.8, 4) is 0 Å². The number of nitrogens with two attached hydrogens (primary N) is 1. The second-order valence-electron chi connectivity index (χ2n) is 14.8. The van der Waals surface area contributed by atoms with Gasteiger partial charge in [-0.3, -0.25) is 9.59 Å². The lowest BCUT2D eigenvalue weighted by atomic mass is 10.0. The Hall–Kier alpha value is -1.89. The minimum absolute atomic E-state index is 0.0547. The number of amides is 1. The molecular weight excluding hydrogens is 624 g/mol. The molecule has 4 N–H and O–H groups in total. The van der Waals surface area contributed by atoms with Crippen molar-refractivity contribution in [2.45, 2.75) is 238 Å². The molecule has 0 fully saturated rings. The zero-order valence-corrected chi connectivity index (χ0v) is 33.0. The summed E-state index contributed by atoms with van der Waals surface area (Å²) in [6, 6.07) is -0.850. The number of carbonyl (C=O) groups is 3. The molecule has 0 bridgehead atoms. The van der Waals surface area contributed by atoms with E-state index in [1.54, 1.807) is 0 Å². The number of hydrogen-bond acceptors (Lipinski definition) is 5. The molecule has 0 rings (SSSR count). The van der Waals surface area contributed by atoms with Crippen LogP contribution in [0.2, 0.25) is 0 Å². The summed E-state index contributed by atoms with van der Waals surface area (Å²) in [5.41, 5.74) is 5.47. The first kappa shape index (κ1) is 48.1. The number of nitrogens with one attached hydrogen (secondary N) is 1. The number of hydrogen-bond donors (Lipinski definition) is 3. The lowest BCUT2D eigenvalue weighted by Crippen LogP contribution is -2.40. The Morgan fingerprint density at radius 3 is 1.50 bits per heavy atom. The van der Waals surface area contributed by atoms with E-state index in [1.807, 2.05) is 0 Å². The molecule has 0 radical (unpaired) electrons. The summed E-state index contributed by atoms with van der Waals surface area (Å²) >= 11 is 0. The molecule has 294 valence electrons. The van der Waals surface area contributed by atoms with Gasteiger partial charge in [0, 0.05) is 12.8 Å². The first-order chi connectivity index (χ1) is 24.4. The molecule has 50 heavy (non-hydrogen) atoms. The molecule has 7 heteroatoms. The Kier molecular flexibility index (Phi) is 36.9. The van der Waals surface area contributed by atoms with Crippen LogP contribution in [-0.4, -0.2) is 41.6 Å². The van der Waals surface area contributed by atoms with E-state index in [1.165, 1.54) is 122 Å². The Morgan fingerprint density at radius 2 is 1.02 bits per heavy atom. The lowest BCUT2D eigenvalue weighted by molar-refractivity contribution is -0.147. The summed E-state index contributed by atoms with van der Waals surface area (Å²) in [6.45, 7) is 4.94. The first-order valence-electron chi connectivity index (χ1n) is 21.5. The van der Waals surface area contributed by atoms with Gasteiger partial charge < -0.3 is 20.9 Å². The largest absolute Gasteiger partial charge is 0.480 e. The number of ether oxygens (including phenoxy) is 1. The summed E-state index contributed by atoms with van der Waals surface area (Å²) in [6.07, 6.45) is 41.3. The van der Waals surface area contributed by atoms with Crippen molar-refractivity contribution >= 4 is 17.8 Å². The molecule has 7 nitrogen and oxygen atoms in total. The highest BCUT2D eigenvalue weighted by molar-refractivity contribution is 5.83. The standard InChI is InChI=1S/C43H82N2O5/c1-3-5-7-9-11-13-14-15-16-17-19-21-27-31-37-42(47)50-39(33-28-24-20-18-12-10-8-6-4-2)34-29-25-22-23-26-30-36-41(46)45-40(43(48)49)35-32-38-44/h28,33,39-40H,3-27,29-32,34-38,44H2,1-2H3,(H,45,46)(H,48,49)/b33-28-. The lowest BCUT2D eigenvalue weighted by Gasteiger charge is -2.15. The average Bonchev–Trinajstić information content (AvgIpc) is 3.10. The molecule has 2 unspecified atom stereocenters. The van der Waals surface area contributed by atoms with E-state index in [4.69, 9.17) is 10.5 Å². The second kappa shape index (κ2) is 38.3. The number of carboxylic acids is 1. The van der Waals surface area contributed by atoms with E-state index in [-0.39, 0.29) is 18.0 Å². The van der Waals surface area contributed by atoms with E-state index in [9.17, 15) is 19.5 Å². The van der Waals surface area contributed by atoms with Gasteiger partial charge in [0.1, 0.15) is 12.1 Å². The van der Waals surface area contributed by atoms with Crippen LogP contribution in [0.25, 0.3) is 0 Å². The van der Waals surface area contributed by atoms with Crippen LogP contribution in [0.1, 0.15) is 226 Å². The summed E-state index contributed by atoms with van der Waals surface area (Å²) in [5.74, 6) is -1.25. The van der Waals surface area contributed by atoms with Gasteiger partial charge in [-0.15, -0.1) is 0 Å².